The van der Waals surface area contributed by atoms with E-state index in [0.29, 0.717) is 25.9 Å². The number of hydrogen-bond acceptors (Lipinski definition) is 3. The van der Waals surface area contributed by atoms with E-state index in [2.05, 4.69) is 5.32 Å². The van der Waals surface area contributed by atoms with Crippen LogP contribution in [0.25, 0.3) is 11.1 Å². The molecule has 0 aromatic heterocycles. The van der Waals surface area contributed by atoms with Gasteiger partial charge in [-0.3, -0.25) is 4.79 Å². The zero-order valence-electron chi connectivity index (χ0n) is 14.9. The van der Waals surface area contributed by atoms with Gasteiger partial charge < -0.3 is 5.32 Å². The highest BCUT2D eigenvalue weighted by molar-refractivity contribution is 7.89. The summed E-state index contributed by atoms with van der Waals surface area (Å²) in [6.45, 7) is 2.47. The Balaban J connectivity index is 1.69. The average Bonchev–Trinajstić information content (AvgIpc) is 2.69. The molecular formula is C20H24N2O3S. The van der Waals surface area contributed by atoms with Crippen molar-refractivity contribution in [3.63, 3.8) is 0 Å². The van der Waals surface area contributed by atoms with Gasteiger partial charge in [0, 0.05) is 30.3 Å². The monoisotopic (exact) mass is 372 g/mol. The summed E-state index contributed by atoms with van der Waals surface area (Å²) in [5, 5.41) is 3.04. The summed E-state index contributed by atoms with van der Waals surface area (Å²) in [5.41, 5.74) is 2.81. The van der Waals surface area contributed by atoms with Gasteiger partial charge in [-0.25, -0.2) is 12.7 Å². The highest BCUT2D eigenvalue weighted by Crippen LogP contribution is 2.29. The smallest absolute Gasteiger partial charge is 0.227 e. The zero-order chi connectivity index (χ0) is 18.6. The SMILES string of the molecule is CCS(=O)(=O)N1CCC(C(=O)Nc2ccccc2-c2ccccc2)CC1. The lowest BCUT2D eigenvalue weighted by Crippen LogP contribution is -2.42. The van der Waals surface area contributed by atoms with Crippen molar-refractivity contribution in [2.45, 2.75) is 19.8 Å². The van der Waals surface area contributed by atoms with Gasteiger partial charge in [0.1, 0.15) is 0 Å². The van der Waals surface area contributed by atoms with Crippen molar-refractivity contribution in [2.24, 2.45) is 5.92 Å². The van der Waals surface area contributed by atoms with Crippen LogP contribution in [0, 0.1) is 5.92 Å². The van der Waals surface area contributed by atoms with E-state index in [1.54, 1.807) is 6.92 Å². The molecule has 1 saturated heterocycles. The molecule has 5 nitrogen and oxygen atoms in total. The number of anilines is 1. The molecule has 1 aliphatic heterocycles. The van der Waals surface area contributed by atoms with Gasteiger partial charge in [-0.1, -0.05) is 48.5 Å². The van der Waals surface area contributed by atoms with Crippen molar-refractivity contribution in [1.82, 2.24) is 4.31 Å². The summed E-state index contributed by atoms with van der Waals surface area (Å²) in [6.07, 6.45) is 1.11. The van der Waals surface area contributed by atoms with E-state index < -0.39 is 10.0 Å². The van der Waals surface area contributed by atoms with Crippen molar-refractivity contribution in [3.05, 3.63) is 54.6 Å². The fourth-order valence-electron chi connectivity index (χ4n) is 3.28. The average molecular weight is 372 g/mol. The van der Waals surface area contributed by atoms with Gasteiger partial charge in [0.15, 0.2) is 0 Å². The predicted molar refractivity (Wildman–Crippen MR) is 104 cm³/mol. The minimum atomic E-state index is -3.17. The topological polar surface area (TPSA) is 66.5 Å². The standard InChI is InChI=1S/C20H24N2O3S/c1-2-26(24,25)22-14-12-17(13-15-22)20(23)21-19-11-7-6-10-18(19)16-8-4-3-5-9-16/h3-11,17H,2,12-15H2,1H3,(H,21,23). The molecule has 0 aliphatic carbocycles. The van der Waals surface area contributed by atoms with Gasteiger partial charge in [-0.05, 0) is 31.4 Å². The lowest BCUT2D eigenvalue weighted by atomic mass is 9.96. The second-order valence-corrected chi connectivity index (χ2v) is 8.73. The molecule has 0 unspecified atom stereocenters. The van der Waals surface area contributed by atoms with Crippen LogP contribution in [0.3, 0.4) is 0 Å². The molecule has 1 amide bonds. The molecule has 138 valence electrons. The summed E-state index contributed by atoms with van der Waals surface area (Å²) in [6, 6.07) is 17.7. The summed E-state index contributed by atoms with van der Waals surface area (Å²) < 4.78 is 25.4. The first-order chi connectivity index (χ1) is 12.5. The van der Waals surface area contributed by atoms with Crippen LogP contribution in [0.1, 0.15) is 19.8 Å². The van der Waals surface area contributed by atoms with E-state index in [1.165, 1.54) is 4.31 Å². The number of piperidine rings is 1. The largest absolute Gasteiger partial charge is 0.325 e. The molecule has 0 saturated carbocycles. The summed E-state index contributed by atoms with van der Waals surface area (Å²) in [4.78, 5) is 12.7. The zero-order valence-corrected chi connectivity index (χ0v) is 15.7. The molecule has 0 bridgehead atoms. The van der Waals surface area contributed by atoms with E-state index in [9.17, 15) is 13.2 Å². The highest BCUT2D eigenvalue weighted by Gasteiger charge is 2.30. The van der Waals surface area contributed by atoms with Gasteiger partial charge in [0.2, 0.25) is 15.9 Å². The molecule has 3 rings (SSSR count). The maximum atomic E-state index is 12.7. The number of sulfonamides is 1. The lowest BCUT2D eigenvalue weighted by Gasteiger charge is -2.30. The van der Waals surface area contributed by atoms with Crippen molar-refractivity contribution < 1.29 is 13.2 Å². The Bertz CT molecular complexity index is 858. The fourth-order valence-corrected chi connectivity index (χ4v) is 4.41. The molecule has 1 aliphatic rings. The molecule has 0 spiro atoms. The van der Waals surface area contributed by atoms with Crippen molar-refractivity contribution in [3.8, 4) is 11.1 Å². The van der Waals surface area contributed by atoms with E-state index in [1.807, 2.05) is 54.6 Å². The molecule has 0 atom stereocenters. The van der Waals surface area contributed by atoms with Gasteiger partial charge in [-0.15, -0.1) is 0 Å². The number of carbonyl (C=O) groups excluding carboxylic acids is 1. The van der Waals surface area contributed by atoms with Gasteiger partial charge in [0.05, 0.1) is 5.75 Å². The molecule has 1 heterocycles. The molecule has 6 heteroatoms. The molecule has 0 radical (unpaired) electrons. The number of hydrogen-bond donors (Lipinski definition) is 1. The highest BCUT2D eigenvalue weighted by atomic mass is 32.2. The fraction of sp³-hybridized carbons (Fsp3) is 0.350. The predicted octanol–water partition coefficient (Wildman–Crippen LogP) is 3.35. The van der Waals surface area contributed by atoms with Crippen molar-refractivity contribution in [1.29, 1.82) is 0 Å². The molecule has 26 heavy (non-hydrogen) atoms. The van der Waals surface area contributed by atoms with Crippen LogP contribution in [-0.2, 0) is 14.8 Å². The Morgan fingerprint density at radius 2 is 1.65 bits per heavy atom. The molecular weight excluding hydrogens is 348 g/mol. The number of rotatable bonds is 5. The van der Waals surface area contributed by atoms with Gasteiger partial charge in [-0.2, -0.15) is 0 Å². The minimum absolute atomic E-state index is 0.0399. The van der Waals surface area contributed by atoms with E-state index in [0.717, 1.165) is 16.8 Å². The number of amides is 1. The first kappa shape index (κ1) is 18.6. The second-order valence-electron chi connectivity index (χ2n) is 6.47. The molecule has 1 N–H and O–H groups in total. The van der Waals surface area contributed by atoms with Crippen molar-refractivity contribution in [2.75, 3.05) is 24.2 Å². The van der Waals surface area contributed by atoms with Crippen LogP contribution in [0.2, 0.25) is 0 Å². The Morgan fingerprint density at radius 1 is 1.04 bits per heavy atom. The van der Waals surface area contributed by atoms with E-state index >= 15 is 0 Å². The lowest BCUT2D eigenvalue weighted by molar-refractivity contribution is -0.120. The van der Waals surface area contributed by atoms with Crippen LogP contribution in [0.15, 0.2) is 54.6 Å². The van der Waals surface area contributed by atoms with Crippen LogP contribution in [0.5, 0.6) is 0 Å². The van der Waals surface area contributed by atoms with E-state index in [4.69, 9.17) is 0 Å². The summed E-state index contributed by atoms with van der Waals surface area (Å²) in [7, 11) is -3.17. The Kier molecular flexibility index (Phi) is 5.74. The molecule has 1 fully saturated rings. The number of benzene rings is 2. The third-order valence-corrected chi connectivity index (χ3v) is 6.73. The van der Waals surface area contributed by atoms with Gasteiger partial charge >= 0.3 is 0 Å². The number of nitrogens with zero attached hydrogens (tertiary/aromatic N) is 1. The third kappa shape index (κ3) is 4.14. The first-order valence-electron chi connectivity index (χ1n) is 8.94. The normalized spacial score (nSPS) is 16.3. The van der Waals surface area contributed by atoms with Crippen molar-refractivity contribution >= 4 is 21.6 Å². The first-order valence-corrected chi connectivity index (χ1v) is 10.6. The quantitative estimate of drug-likeness (QED) is 0.875. The van der Waals surface area contributed by atoms with E-state index in [-0.39, 0.29) is 17.6 Å². The minimum Gasteiger partial charge on any atom is -0.325 e. The Labute approximate surface area is 155 Å². The Hall–Kier alpha value is -2.18. The number of para-hydroxylation sites is 1. The van der Waals surface area contributed by atoms with Crippen LogP contribution in [0.4, 0.5) is 5.69 Å². The Morgan fingerprint density at radius 3 is 2.31 bits per heavy atom. The third-order valence-electron chi connectivity index (χ3n) is 4.85. The number of carbonyl (C=O) groups is 1. The number of nitrogens with one attached hydrogen (secondary N) is 1. The maximum Gasteiger partial charge on any atom is 0.227 e. The molecule has 2 aromatic rings. The maximum absolute atomic E-state index is 12.7. The van der Waals surface area contributed by atoms with Crippen LogP contribution < -0.4 is 5.32 Å². The summed E-state index contributed by atoms with van der Waals surface area (Å²) in [5.74, 6) is -0.0991. The second kappa shape index (κ2) is 8.01. The molecule has 2 aromatic carbocycles. The van der Waals surface area contributed by atoms with Gasteiger partial charge in [0.25, 0.3) is 0 Å². The van der Waals surface area contributed by atoms with Crippen LogP contribution >= 0.6 is 0 Å². The van der Waals surface area contributed by atoms with Crippen LogP contribution in [-0.4, -0.2) is 37.5 Å². The summed E-state index contributed by atoms with van der Waals surface area (Å²) >= 11 is 0.